The number of hydrogen-bond acceptors (Lipinski definition) is 7. The lowest BCUT2D eigenvalue weighted by Crippen LogP contribution is -2.28. The van der Waals surface area contributed by atoms with E-state index in [9.17, 15) is 22.2 Å². The highest BCUT2D eigenvalue weighted by Gasteiger charge is 2.35. The average molecular weight is 705 g/mol. The van der Waals surface area contributed by atoms with Crippen LogP contribution in [-0.4, -0.2) is 47.0 Å². The van der Waals surface area contributed by atoms with Gasteiger partial charge >= 0.3 is 0 Å². The summed E-state index contributed by atoms with van der Waals surface area (Å²) in [5.74, 6) is -1.05. The number of rotatable bonds is 16. The number of halogens is 1. The predicted octanol–water partition coefficient (Wildman–Crippen LogP) is 6.63. The van der Waals surface area contributed by atoms with Crippen LogP contribution in [0, 0.1) is 11.7 Å². The minimum atomic E-state index is -4.68. The maximum absolute atomic E-state index is 13.9. The van der Waals surface area contributed by atoms with Crippen molar-refractivity contribution in [1.29, 1.82) is 0 Å². The SMILES string of the molecule is C[Si](C)(C)CCOCn1cc(OCc2ccccc2)c(=O)c(-c2nccn2C[C@@H](Cc2ccccc2)[C@H](c2ccc(F)cc2)S(=O)(=O)O)n1. The summed E-state index contributed by atoms with van der Waals surface area (Å²) in [6.45, 7) is 7.56. The third-order valence-corrected chi connectivity index (χ3v) is 11.0. The second-order valence-electron chi connectivity index (χ2n) is 13.2. The van der Waals surface area contributed by atoms with Gasteiger partial charge in [0.15, 0.2) is 17.3 Å². The minimum Gasteiger partial charge on any atom is -0.483 e. The molecule has 2 heterocycles. The summed E-state index contributed by atoms with van der Waals surface area (Å²) in [6.07, 6.45) is 4.88. The van der Waals surface area contributed by atoms with Crippen molar-refractivity contribution in [2.45, 2.75) is 57.2 Å². The second-order valence-corrected chi connectivity index (χ2v) is 20.3. The molecule has 2 aromatic heterocycles. The molecule has 0 saturated carbocycles. The van der Waals surface area contributed by atoms with E-state index in [0.29, 0.717) is 6.61 Å². The van der Waals surface area contributed by atoms with Gasteiger partial charge < -0.3 is 14.0 Å². The van der Waals surface area contributed by atoms with E-state index in [2.05, 4.69) is 29.7 Å². The first-order valence-electron chi connectivity index (χ1n) is 16.0. The van der Waals surface area contributed by atoms with Crippen LogP contribution in [0.15, 0.2) is 108 Å². The van der Waals surface area contributed by atoms with Crippen LogP contribution in [0.3, 0.4) is 0 Å². The van der Waals surface area contributed by atoms with Crippen molar-refractivity contribution in [3.05, 3.63) is 136 Å². The van der Waals surface area contributed by atoms with Crippen LogP contribution in [0.1, 0.15) is 21.9 Å². The molecular formula is C36H41FN4O6SSi. The first-order valence-corrected chi connectivity index (χ1v) is 21.2. The average Bonchev–Trinajstić information content (AvgIpc) is 3.51. The van der Waals surface area contributed by atoms with Gasteiger partial charge in [-0.1, -0.05) is 92.4 Å². The van der Waals surface area contributed by atoms with E-state index in [1.54, 1.807) is 10.8 Å². The number of benzene rings is 3. The van der Waals surface area contributed by atoms with Crippen molar-refractivity contribution in [1.82, 2.24) is 19.3 Å². The Hall–Kier alpha value is -4.43. The van der Waals surface area contributed by atoms with E-state index >= 15 is 0 Å². The zero-order chi connectivity index (χ0) is 35.0. The Labute approximate surface area is 286 Å². The lowest BCUT2D eigenvalue weighted by Gasteiger charge is -2.26. The molecule has 49 heavy (non-hydrogen) atoms. The zero-order valence-corrected chi connectivity index (χ0v) is 29.6. The molecule has 0 radical (unpaired) electrons. The van der Waals surface area contributed by atoms with Crippen molar-refractivity contribution in [2.75, 3.05) is 6.61 Å². The van der Waals surface area contributed by atoms with E-state index in [0.717, 1.165) is 29.3 Å². The topological polar surface area (TPSA) is 126 Å². The Morgan fingerprint density at radius 1 is 0.939 bits per heavy atom. The van der Waals surface area contributed by atoms with Gasteiger partial charge in [-0.15, -0.1) is 0 Å². The van der Waals surface area contributed by atoms with E-state index in [1.165, 1.54) is 29.2 Å². The lowest BCUT2D eigenvalue weighted by atomic mass is 9.91. The van der Waals surface area contributed by atoms with Gasteiger partial charge in [-0.25, -0.2) is 14.1 Å². The highest BCUT2D eigenvalue weighted by molar-refractivity contribution is 7.86. The molecule has 10 nitrogen and oxygen atoms in total. The highest BCUT2D eigenvalue weighted by Crippen LogP contribution is 2.34. The summed E-state index contributed by atoms with van der Waals surface area (Å²) in [6, 6.07) is 24.7. The molecule has 5 rings (SSSR count). The maximum Gasteiger partial charge on any atom is 0.272 e. The third-order valence-electron chi connectivity index (χ3n) is 8.04. The first-order chi connectivity index (χ1) is 23.4. The van der Waals surface area contributed by atoms with Gasteiger partial charge in [-0.05, 0) is 41.3 Å². The molecule has 2 atom stereocenters. The van der Waals surface area contributed by atoms with Crippen LogP contribution in [0.4, 0.5) is 4.39 Å². The Balaban J connectivity index is 1.53. The number of hydrogen-bond donors (Lipinski definition) is 1. The Morgan fingerprint density at radius 2 is 1.59 bits per heavy atom. The molecule has 13 heteroatoms. The fourth-order valence-corrected chi connectivity index (χ4v) is 7.48. The molecule has 0 aliphatic carbocycles. The molecule has 0 aliphatic heterocycles. The Morgan fingerprint density at radius 3 is 2.22 bits per heavy atom. The van der Waals surface area contributed by atoms with E-state index in [1.807, 2.05) is 60.7 Å². The molecule has 258 valence electrons. The smallest absolute Gasteiger partial charge is 0.272 e. The van der Waals surface area contributed by atoms with Gasteiger partial charge in [0.05, 0.1) is 6.20 Å². The fourth-order valence-electron chi connectivity index (χ4n) is 5.55. The van der Waals surface area contributed by atoms with Gasteiger partial charge in [0.25, 0.3) is 15.5 Å². The van der Waals surface area contributed by atoms with E-state index < -0.39 is 40.6 Å². The molecule has 0 bridgehead atoms. The maximum atomic E-state index is 13.9. The largest absolute Gasteiger partial charge is 0.483 e. The summed E-state index contributed by atoms with van der Waals surface area (Å²) in [5, 5.41) is 3.19. The number of aromatic nitrogens is 4. The molecule has 0 fully saturated rings. The Kier molecular flexibility index (Phi) is 11.6. The van der Waals surface area contributed by atoms with Crippen molar-refractivity contribution >= 4 is 18.2 Å². The molecule has 3 aromatic carbocycles. The Bertz CT molecular complexity index is 1980. The number of nitrogens with zero attached hydrogens (tertiary/aromatic N) is 4. The monoisotopic (exact) mass is 704 g/mol. The fraction of sp³-hybridized carbons (Fsp3) is 0.306. The summed E-state index contributed by atoms with van der Waals surface area (Å²) in [7, 11) is -6.02. The van der Waals surface area contributed by atoms with Crippen LogP contribution < -0.4 is 10.2 Å². The zero-order valence-electron chi connectivity index (χ0n) is 27.8. The summed E-state index contributed by atoms with van der Waals surface area (Å²) < 4.78 is 65.5. The van der Waals surface area contributed by atoms with E-state index in [4.69, 9.17) is 9.47 Å². The summed E-state index contributed by atoms with van der Waals surface area (Å²) in [4.78, 5) is 18.4. The van der Waals surface area contributed by atoms with Crippen molar-refractivity contribution in [2.24, 2.45) is 5.92 Å². The molecule has 5 aromatic rings. The van der Waals surface area contributed by atoms with Gasteiger partial charge in [-0.2, -0.15) is 13.5 Å². The minimum absolute atomic E-state index is 0.00648. The third kappa shape index (κ3) is 10.0. The number of imidazole rings is 1. The predicted molar refractivity (Wildman–Crippen MR) is 189 cm³/mol. The molecule has 0 unspecified atom stereocenters. The summed E-state index contributed by atoms with van der Waals surface area (Å²) in [5.41, 5.74) is 1.44. The van der Waals surface area contributed by atoms with E-state index in [-0.39, 0.29) is 49.1 Å². The first kappa shape index (κ1) is 35.9. The molecule has 1 N–H and O–H groups in total. The second kappa shape index (κ2) is 15.9. The van der Waals surface area contributed by atoms with Gasteiger partial charge in [0.2, 0.25) is 0 Å². The van der Waals surface area contributed by atoms with Crippen molar-refractivity contribution in [3.8, 4) is 17.3 Å². The van der Waals surface area contributed by atoms with Crippen molar-refractivity contribution < 1.29 is 26.8 Å². The molecular weight excluding hydrogens is 664 g/mol. The van der Waals surface area contributed by atoms with Gasteiger partial charge in [-0.3, -0.25) is 9.35 Å². The molecule has 0 amide bonds. The van der Waals surface area contributed by atoms with Crippen LogP contribution >= 0.6 is 0 Å². The highest BCUT2D eigenvalue weighted by atomic mass is 32.2. The molecule has 0 spiro atoms. The summed E-state index contributed by atoms with van der Waals surface area (Å²) >= 11 is 0. The normalized spacial score (nSPS) is 13.2. The van der Waals surface area contributed by atoms with Gasteiger partial charge in [0.1, 0.15) is 24.4 Å². The quantitative estimate of drug-likeness (QED) is 0.0690. The van der Waals surface area contributed by atoms with Crippen LogP contribution in [-0.2, 0) is 41.2 Å². The lowest BCUT2D eigenvalue weighted by molar-refractivity contribution is 0.0766. The molecule has 0 saturated heterocycles. The van der Waals surface area contributed by atoms with Crippen LogP contribution in [0.5, 0.6) is 5.75 Å². The molecule has 0 aliphatic rings. The van der Waals surface area contributed by atoms with Gasteiger partial charge in [0, 0.05) is 39.5 Å². The van der Waals surface area contributed by atoms with Crippen molar-refractivity contribution in [3.63, 3.8) is 0 Å². The number of ether oxygens (including phenoxy) is 2. The van der Waals surface area contributed by atoms with Crippen LogP contribution in [0.25, 0.3) is 11.5 Å². The standard InChI is InChI=1S/C36H41FN4O6SSi/c1-49(2,3)21-20-46-26-41-24-32(47-25-28-12-8-5-9-13-28)34(42)33(39-41)36-38-18-19-40(36)23-30(22-27-10-6-4-7-11-27)35(48(43,44)45)29-14-16-31(37)17-15-29/h4-19,24,30,35H,20-23,25-26H2,1-3H3,(H,43,44,45)/t30-,35+/m1/s1. The van der Waals surface area contributed by atoms with Crippen LogP contribution in [0.2, 0.25) is 25.7 Å².